The third-order valence-electron chi connectivity index (χ3n) is 9.40. The minimum absolute atomic E-state index is 0.0577. The van der Waals surface area contributed by atoms with Crippen molar-refractivity contribution in [2.75, 3.05) is 41.3 Å². The summed E-state index contributed by atoms with van der Waals surface area (Å²) in [4.78, 5) is 49.0. The number of nitrogens with one attached hydrogen (secondary N) is 1. The molecule has 0 saturated heterocycles. The van der Waals surface area contributed by atoms with E-state index in [1.165, 1.54) is 5.56 Å². The number of primary amides is 2. The molecule has 0 aliphatic heterocycles. The molecule has 0 aliphatic rings. The fraction of sp³-hybridized carbons (Fsp3) is 0.364. The highest BCUT2D eigenvalue weighted by molar-refractivity contribution is 5.93. The molecule has 0 unspecified atom stereocenters. The molecule has 11 nitrogen and oxygen atoms in total. The zero-order valence-electron chi connectivity index (χ0n) is 33.2. The SMILES string of the molecule is CN(C)[C@H](CN)Cc1ccc(C(N)=O)cc1.C[C@@H](CC(=O)NC[C@H](Cc1ccc(C(N)=O)cc1)N(C)C)c1ccccc1.C[C@@H](CC(=O)O)c1ccccc1. The standard InChI is InChI=1S/C22H29N3O2.C12H19N3O.C10H12O2/c1-16(18-7-5-4-6-8-18)13-21(26)24-15-20(25(2)3)14-17-9-11-19(12-10-17)22(23)27;1-15(2)11(8-13)7-9-3-5-10(6-4-9)12(14)16;1-8(7-10(11)12)9-5-3-2-4-6-9/h4-12,16,20H,13-15H2,1-3H3,(H2,23,27)(H,24,26);3-6,11H,7-8,13H2,1-2H3,(H2,14,16);2-6,8H,7H2,1H3,(H,11,12)/t16-,20-;11-;8-/m000/s1. The number of nitrogens with two attached hydrogens (primary N) is 3. The molecule has 4 aromatic rings. The van der Waals surface area contributed by atoms with E-state index in [1.807, 2.05) is 108 Å². The maximum absolute atomic E-state index is 12.3. The Hall–Kier alpha value is -5.36. The van der Waals surface area contributed by atoms with Gasteiger partial charge in [-0.1, -0.05) is 98.8 Å². The molecule has 3 amide bonds. The third kappa shape index (κ3) is 17.6. The van der Waals surface area contributed by atoms with Crippen molar-refractivity contribution in [2.45, 2.75) is 63.5 Å². The lowest BCUT2D eigenvalue weighted by Gasteiger charge is -2.25. The van der Waals surface area contributed by atoms with Crippen LogP contribution >= 0.6 is 0 Å². The highest BCUT2D eigenvalue weighted by Crippen LogP contribution is 2.19. The molecule has 11 heteroatoms. The van der Waals surface area contributed by atoms with Crippen molar-refractivity contribution in [3.8, 4) is 0 Å². The van der Waals surface area contributed by atoms with Crippen molar-refractivity contribution in [1.82, 2.24) is 15.1 Å². The van der Waals surface area contributed by atoms with Crippen molar-refractivity contribution >= 4 is 23.7 Å². The molecule has 0 saturated carbocycles. The first-order valence-corrected chi connectivity index (χ1v) is 18.5. The van der Waals surface area contributed by atoms with E-state index < -0.39 is 17.8 Å². The Morgan fingerprint density at radius 1 is 0.600 bits per heavy atom. The van der Waals surface area contributed by atoms with E-state index in [0.29, 0.717) is 36.7 Å². The lowest BCUT2D eigenvalue weighted by Crippen LogP contribution is -2.41. The molecule has 4 rings (SSSR count). The van der Waals surface area contributed by atoms with Gasteiger partial charge in [-0.3, -0.25) is 19.2 Å². The van der Waals surface area contributed by atoms with E-state index in [1.54, 1.807) is 24.3 Å². The predicted molar refractivity (Wildman–Crippen MR) is 221 cm³/mol. The maximum Gasteiger partial charge on any atom is 0.303 e. The van der Waals surface area contributed by atoms with E-state index in [-0.39, 0.29) is 30.2 Å². The van der Waals surface area contributed by atoms with E-state index in [4.69, 9.17) is 22.3 Å². The highest BCUT2D eigenvalue weighted by atomic mass is 16.4. The number of carbonyl (C=O) groups excluding carboxylic acids is 3. The second-order valence-corrected chi connectivity index (χ2v) is 14.2. The van der Waals surface area contributed by atoms with Crippen molar-refractivity contribution < 1.29 is 24.3 Å². The van der Waals surface area contributed by atoms with Crippen LogP contribution in [-0.2, 0) is 22.4 Å². The van der Waals surface area contributed by atoms with Crippen molar-refractivity contribution in [1.29, 1.82) is 0 Å². The van der Waals surface area contributed by atoms with Crippen LogP contribution in [0.4, 0.5) is 0 Å². The summed E-state index contributed by atoms with van der Waals surface area (Å²) in [6.07, 6.45) is 2.32. The van der Waals surface area contributed by atoms with Crippen LogP contribution in [0.5, 0.6) is 0 Å². The number of aliphatic carboxylic acids is 1. The Kier molecular flexibility index (Phi) is 20.1. The average Bonchev–Trinajstić information content (AvgIpc) is 3.16. The van der Waals surface area contributed by atoms with Gasteiger partial charge in [-0.15, -0.1) is 0 Å². The van der Waals surface area contributed by atoms with Crippen LogP contribution in [0, 0.1) is 0 Å². The quantitative estimate of drug-likeness (QED) is 0.0992. The molecule has 55 heavy (non-hydrogen) atoms. The van der Waals surface area contributed by atoms with Gasteiger partial charge in [-0.2, -0.15) is 0 Å². The number of rotatable bonds is 17. The van der Waals surface area contributed by atoms with Crippen molar-refractivity contribution in [3.63, 3.8) is 0 Å². The number of hydrogen-bond acceptors (Lipinski definition) is 7. The summed E-state index contributed by atoms with van der Waals surface area (Å²) in [5, 5.41) is 11.6. The summed E-state index contributed by atoms with van der Waals surface area (Å²) in [5.41, 5.74) is 21.7. The van der Waals surface area contributed by atoms with Crippen LogP contribution in [0.2, 0.25) is 0 Å². The fourth-order valence-corrected chi connectivity index (χ4v) is 5.71. The van der Waals surface area contributed by atoms with E-state index >= 15 is 0 Å². The van der Waals surface area contributed by atoms with Crippen molar-refractivity contribution in [2.24, 2.45) is 17.2 Å². The molecule has 0 aliphatic carbocycles. The number of carboxylic acid groups (broad SMARTS) is 1. The van der Waals surface area contributed by atoms with E-state index in [9.17, 15) is 19.2 Å². The normalized spacial score (nSPS) is 12.9. The molecule has 4 atom stereocenters. The van der Waals surface area contributed by atoms with Gasteiger partial charge in [0.15, 0.2) is 0 Å². The second-order valence-electron chi connectivity index (χ2n) is 14.2. The van der Waals surface area contributed by atoms with Gasteiger partial charge in [0.2, 0.25) is 17.7 Å². The summed E-state index contributed by atoms with van der Waals surface area (Å²) in [6, 6.07) is 34.9. The zero-order chi connectivity index (χ0) is 40.9. The summed E-state index contributed by atoms with van der Waals surface area (Å²) >= 11 is 0. The number of nitrogens with zero attached hydrogens (tertiary/aromatic N) is 2. The van der Waals surface area contributed by atoms with Crippen LogP contribution in [0.15, 0.2) is 109 Å². The molecule has 0 heterocycles. The molecule has 8 N–H and O–H groups in total. The molecule has 296 valence electrons. The Bertz CT molecular complexity index is 1730. The van der Waals surface area contributed by atoms with Crippen LogP contribution in [0.25, 0.3) is 0 Å². The monoisotopic (exact) mass is 752 g/mol. The van der Waals surface area contributed by atoms with Gasteiger partial charge in [-0.05, 0) is 99.4 Å². The molecular formula is C44H60N6O5. The minimum atomic E-state index is -0.744. The molecule has 0 fully saturated rings. The first-order chi connectivity index (χ1) is 26.1. The van der Waals surface area contributed by atoms with Gasteiger partial charge in [0.25, 0.3) is 0 Å². The largest absolute Gasteiger partial charge is 0.481 e. The predicted octanol–water partition coefficient (Wildman–Crippen LogP) is 5.05. The lowest BCUT2D eigenvalue weighted by atomic mass is 9.97. The first kappa shape index (κ1) is 45.8. The fourth-order valence-electron chi connectivity index (χ4n) is 5.71. The number of amides is 3. The Morgan fingerprint density at radius 2 is 0.982 bits per heavy atom. The topological polar surface area (TPSA) is 185 Å². The average molecular weight is 753 g/mol. The summed E-state index contributed by atoms with van der Waals surface area (Å²) in [6.45, 7) is 5.18. The van der Waals surface area contributed by atoms with Crippen LogP contribution in [0.3, 0.4) is 0 Å². The van der Waals surface area contributed by atoms with Gasteiger partial charge < -0.3 is 37.4 Å². The number of carboxylic acids is 1. The molecule has 0 spiro atoms. The number of carbonyl (C=O) groups is 4. The number of benzene rings is 4. The third-order valence-corrected chi connectivity index (χ3v) is 9.40. The van der Waals surface area contributed by atoms with Gasteiger partial charge in [-0.25, -0.2) is 0 Å². The Labute approximate surface area is 326 Å². The van der Waals surface area contributed by atoms with Crippen LogP contribution < -0.4 is 22.5 Å². The second kappa shape index (κ2) is 24.1. The molecule has 0 aromatic heterocycles. The van der Waals surface area contributed by atoms with Gasteiger partial charge in [0.1, 0.15) is 0 Å². The number of hydrogen-bond donors (Lipinski definition) is 5. The summed E-state index contributed by atoms with van der Waals surface area (Å²) in [5.74, 6) is -1.22. The molecule has 4 aromatic carbocycles. The van der Waals surface area contributed by atoms with Crippen LogP contribution in [0.1, 0.15) is 81.5 Å². The zero-order valence-corrected chi connectivity index (χ0v) is 33.2. The Morgan fingerprint density at radius 3 is 1.33 bits per heavy atom. The van der Waals surface area contributed by atoms with Gasteiger partial charge in [0, 0.05) is 42.7 Å². The van der Waals surface area contributed by atoms with Crippen LogP contribution in [-0.4, -0.2) is 92.0 Å². The summed E-state index contributed by atoms with van der Waals surface area (Å²) < 4.78 is 0. The minimum Gasteiger partial charge on any atom is -0.481 e. The maximum atomic E-state index is 12.3. The van der Waals surface area contributed by atoms with E-state index in [0.717, 1.165) is 29.5 Å². The number of likely N-dealkylation sites (N-methyl/N-ethyl adjacent to an activating group) is 2. The van der Waals surface area contributed by atoms with E-state index in [2.05, 4.69) is 34.2 Å². The van der Waals surface area contributed by atoms with Gasteiger partial charge in [0.05, 0.1) is 6.42 Å². The molecular weight excluding hydrogens is 693 g/mol. The smallest absolute Gasteiger partial charge is 0.303 e. The lowest BCUT2D eigenvalue weighted by molar-refractivity contribution is -0.137. The highest BCUT2D eigenvalue weighted by Gasteiger charge is 2.16. The summed E-state index contributed by atoms with van der Waals surface area (Å²) in [7, 11) is 8.02. The Balaban J connectivity index is 0.000000315. The molecule has 0 radical (unpaired) electrons. The molecule has 0 bridgehead atoms. The van der Waals surface area contributed by atoms with Crippen molar-refractivity contribution in [3.05, 3.63) is 143 Å². The van der Waals surface area contributed by atoms with Gasteiger partial charge >= 0.3 is 5.97 Å². The first-order valence-electron chi connectivity index (χ1n) is 18.5.